The number of hydrogen-bond acceptors (Lipinski definition) is 9. The van der Waals surface area contributed by atoms with E-state index in [1.165, 1.54) is 17.8 Å². The van der Waals surface area contributed by atoms with Gasteiger partial charge in [-0.25, -0.2) is 4.98 Å². The summed E-state index contributed by atoms with van der Waals surface area (Å²) in [6, 6.07) is 14.2. The van der Waals surface area contributed by atoms with Gasteiger partial charge in [-0.05, 0) is 37.4 Å². The summed E-state index contributed by atoms with van der Waals surface area (Å²) in [6.07, 6.45) is 0. The Morgan fingerprint density at radius 1 is 1.06 bits per heavy atom. The van der Waals surface area contributed by atoms with E-state index in [9.17, 15) is 10.1 Å². The van der Waals surface area contributed by atoms with Gasteiger partial charge in [0.15, 0.2) is 0 Å². The van der Waals surface area contributed by atoms with E-state index in [1.807, 2.05) is 12.1 Å². The predicted octanol–water partition coefficient (Wildman–Crippen LogP) is 3.70. The summed E-state index contributed by atoms with van der Waals surface area (Å²) in [5.74, 6) is 1.04. The molecule has 0 aliphatic carbocycles. The van der Waals surface area contributed by atoms with Crippen LogP contribution in [0.4, 0.5) is 23.0 Å². The van der Waals surface area contributed by atoms with E-state index in [2.05, 4.69) is 44.3 Å². The smallest absolute Gasteiger partial charge is 0.273 e. The number of benzene rings is 2. The van der Waals surface area contributed by atoms with Crippen molar-refractivity contribution in [2.45, 2.75) is 13.2 Å². The molecule has 10 heteroatoms. The number of non-ortho nitro benzene ring substituents is 1. The standard InChI is InChI=1S/C23H24N6O4/c1-27-9-11-28(12-10-27)17-7-5-16(6-8-17)24-23-25-21-15-32-14-20(21)22(26-23)33-19-4-2-3-18(13-19)29(30)31/h2-8,13H,9-12,14-15H2,1H3,(H,24,25,26). The normalized spacial score (nSPS) is 15.8. The molecule has 0 bridgehead atoms. The maximum Gasteiger partial charge on any atom is 0.273 e. The summed E-state index contributed by atoms with van der Waals surface area (Å²) in [4.78, 5) is 24.4. The average molecular weight is 448 g/mol. The fourth-order valence-corrected chi connectivity index (χ4v) is 3.88. The fraction of sp³-hybridized carbons (Fsp3) is 0.304. The number of nitro benzene ring substituents is 1. The molecule has 170 valence electrons. The number of hydrogen-bond donors (Lipinski definition) is 1. The van der Waals surface area contributed by atoms with Crippen LogP contribution in [0.25, 0.3) is 0 Å². The van der Waals surface area contributed by atoms with Crippen LogP contribution in [0.3, 0.4) is 0 Å². The van der Waals surface area contributed by atoms with Crippen LogP contribution in [-0.2, 0) is 18.0 Å². The van der Waals surface area contributed by atoms with E-state index >= 15 is 0 Å². The highest BCUT2D eigenvalue weighted by Gasteiger charge is 2.22. The second-order valence-corrected chi connectivity index (χ2v) is 8.09. The largest absolute Gasteiger partial charge is 0.438 e. The van der Waals surface area contributed by atoms with E-state index in [0.29, 0.717) is 30.8 Å². The van der Waals surface area contributed by atoms with Gasteiger partial charge in [-0.3, -0.25) is 10.1 Å². The van der Waals surface area contributed by atoms with Crippen LogP contribution in [0.2, 0.25) is 0 Å². The van der Waals surface area contributed by atoms with Gasteiger partial charge in [0, 0.05) is 43.6 Å². The molecule has 1 saturated heterocycles. The summed E-state index contributed by atoms with van der Waals surface area (Å²) < 4.78 is 11.4. The molecule has 0 spiro atoms. The van der Waals surface area contributed by atoms with Gasteiger partial charge in [0.1, 0.15) is 5.75 Å². The van der Waals surface area contributed by atoms with Crippen molar-refractivity contribution >= 4 is 23.0 Å². The highest BCUT2D eigenvalue weighted by atomic mass is 16.6. The molecular weight excluding hydrogens is 424 g/mol. The third kappa shape index (κ3) is 4.71. The van der Waals surface area contributed by atoms with Gasteiger partial charge in [0.05, 0.1) is 35.5 Å². The molecule has 1 fully saturated rings. The second kappa shape index (κ2) is 9.00. The molecule has 3 aromatic rings. The van der Waals surface area contributed by atoms with Crippen LogP contribution < -0.4 is 15.0 Å². The molecule has 1 N–H and O–H groups in total. The summed E-state index contributed by atoms with van der Waals surface area (Å²) in [5, 5.41) is 14.3. The zero-order valence-electron chi connectivity index (χ0n) is 18.2. The van der Waals surface area contributed by atoms with E-state index in [0.717, 1.165) is 43.1 Å². The number of nitro groups is 1. The molecule has 0 unspecified atom stereocenters. The molecule has 2 aromatic carbocycles. The predicted molar refractivity (Wildman–Crippen MR) is 123 cm³/mol. The lowest BCUT2D eigenvalue weighted by atomic mass is 10.2. The SMILES string of the molecule is CN1CCN(c2ccc(Nc3nc4c(c(Oc5cccc([N+](=O)[O-])c5)n3)COC4)cc2)CC1. The first-order valence-corrected chi connectivity index (χ1v) is 10.8. The lowest BCUT2D eigenvalue weighted by Crippen LogP contribution is -2.44. The van der Waals surface area contributed by atoms with Gasteiger partial charge >= 0.3 is 0 Å². The van der Waals surface area contributed by atoms with Crippen molar-refractivity contribution in [3.8, 4) is 11.6 Å². The summed E-state index contributed by atoms with van der Waals surface area (Å²) in [5.41, 5.74) is 3.48. The quantitative estimate of drug-likeness (QED) is 0.446. The monoisotopic (exact) mass is 448 g/mol. The average Bonchev–Trinajstić information content (AvgIpc) is 3.29. The van der Waals surface area contributed by atoms with Crippen molar-refractivity contribution in [2.24, 2.45) is 0 Å². The Kier molecular flexibility index (Phi) is 5.76. The van der Waals surface area contributed by atoms with Crippen molar-refractivity contribution in [1.82, 2.24) is 14.9 Å². The molecule has 0 radical (unpaired) electrons. The van der Waals surface area contributed by atoms with Gasteiger partial charge in [-0.15, -0.1) is 0 Å². The lowest BCUT2D eigenvalue weighted by molar-refractivity contribution is -0.384. The maximum atomic E-state index is 11.1. The zero-order valence-corrected chi connectivity index (χ0v) is 18.2. The van der Waals surface area contributed by atoms with Gasteiger partial charge in [0.2, 0.25) is 11.8 Å². The number of likely N-dealkylation sites (N-methyl/N-ethyl adjacent to an activating group) is 1. The summed E-state index contributed by atoms with van der Waals surface area (Å²) in [7, 11) is 2.14. The molecule has 0 amide bonds. The van der Waals surface area contributed by atoms with Crippen LogP contribution in [0, 0.1) is 10.1 Å². The molecule has 10 nitrogen and oxygen atoms in total. The third-order valence-corrected chi connectivity index (χ3v) is 5.77. The minimum absolute atomic E-state index is 0.0479. The van der Waals surface area contributed by atoms with Crippen molar-refractivity contribution in [1.29, 1.82) is 0 Å². The Morgan fingerprint density at radius 2 is 1.85 bits per heavy atom. The Balaban J connectivity index is 1.35. The van der Waals surface area contributed by atoms with Crippen LogP contribution in [0.5, 0.6) is 11.6 Å². The minimum atomic E-state index is -0.459. The summed E-state index contributed by atoms with van der Waals surface area (Å²) in [6.45, 7) is 4.82. The van der Waals surface area contributed by atoms with Crippen LogP contribution in [-0.4, -0.2) is 53.0 Å². The topological polar surface area (TPSA) is 106 Å². The first kappa shape index (κ1) is 21.1. The highest BCUT2D eigenvalue weighted by Crippen LogP contribution is 2.33. The molecule has 1 aromatic heterocycles. The van der Waals surface area contributed by atoms with Crippen molar-refractivity contribution < 1.29 is 14.4 Å². The summed E-state index contributed by atoms with van der Waals surface area (Å²) >= 11 is 0. The molecular formula is C23H24N6O4. The third-order valence-electron chi connectivity index (χ3n) is 5.77. The first-order valence-electron chi connectivity index (χ1n) is 10.8. The number of rotatable bonds is 6. The minimum Gasteiger partial charge on any atom is -0.438 e. The molecule has 5 rings (SSSR count). The van der Waals surface area contributed by atoms with E-state index in [-0.39, 0.29) is 5.69 Å². The van der Waals surface area contributed by atoms with Gasteiger partial charge < -0.3 is 24.6 Å². The van der Waals surface area contributed by atoms with Gasteiger partial charge in [0.25, 0.3) is 5.69 Å². The Bertz CT molecular complexity index is 1160. The number of ether oxygens (including phenoxy) is 2. The molecule has 0 saturated carbocycles. The molecule has 0 atom stereocenters. The zero-order chi connectivity index (χ0) is 22.8. The second-order valence-electron chi connectivity index (χ2n) is 8.09. The van der Waals surface area contributed by atoms with Crippen LogP contribution in [0.15, 0.2) is 48.5 Å². The molecule has 3 heterocycles. The van der Waals surface area contributed by atoms with E-state index in [1.54, 1.807) is 12.1 Å². The number of piperazine rings is 1. The number of nitrogens with zero attached hydrogens (tertiary/aromatic N) is 5. The van der Waals surface area contributed by atoms with E-state index in [4.69, 9.17) is 9.47 Å². The highest BCUT2D eigenvalue weighted by molar-refractivity contribution is 5.60. The molecule has 2 aliphatic heterocycles. The molecule has 2 aliphatic rings. The molecule has 33 heavy (non-hydrogen) atoms. The van der Waals surface area contributed by atoms with E-state index < -0.39 is 4.92 Å². The van der Waals surface area contributed by atoms with Crippen LogP contribution >= 0.6 is 0 Å². The van der Waals surface area contributed by atoms with Gasteiger partial charge in [-0.1, -0.05) is 6.07 Å². The number of aromatic nitrogens is 2. The Morgan fingerprint density at radius 3 is 2.61 bits per heavy atom. The maximum absolute atomic E-state index is 11.1. The Hall–Kier alpha value is -3.76. The Labute approximate surface area is 190 Å². The number of nitrogens with one attached hydrogen (secondary N) is 1. The fourth-order valence-electron chi connectivity index (χ4n) is 3.88. The number of anilines is 3. The van der Waals surface area contributed by atoms with Gasteiger partial charge in [-0.2, -0.15) is 4.98 Å². The first-order chi connectivity index (χ1) is 16.0. The lowest BCUT2D eigenvalue weighted by Gasteiger charge is -2.34. The van der Waals surface area contributed by atoms with Crippen molar-refractivity contribution in [3.05, 3.63) is 69.9 Å². The van der Waals surface area contributed by atoms with Crippen molar-refractivity contribution in [3.63, 3.8) is 0 Å². The number of fused-ring (bicyclic) bond motifs is 1. The van der Waals surface area contributed by atoms with Crippen molar-refractivity contribution in [2.75, 3.05) is 43.4 Å². The van der Waals surface area contributed by atoms with Crippen LogP contribution in [0.1, 0.15) is 11.3 Å².